The van der Waals surface area contributed by atoms with Crippen LogP contribution in [0.5, 0.6) is 0 Å². The summed E-state index contributed by atoms with van der Waals surface area (Å²) < 4.78 is 0. The maximum absolute atomic E-state index is 3.19. The molecule has 0 aromatic heterocycles. The van der Waals surface area contributed by atoms with E-state index in [0.717, 1.165) is 13.1 Å². The molecule has 0 heterocycles. The van der Waals surface area contributed by atoms with E-state index in [1.54, 1.807) is 0 Å². The Bertz CT molecular complexity index is 334. The summed E-state index contributed by atoms with van der Waals surface area (Å²) in [4.78, 5) is 2.35. The van der Waals surface area contributed by atoms with Gasteiger partial charge in [-0.3, -0.25) is 0 Å². The molecule has 0 aliphatic heterocycles. The molecule has 0 saturated carbocycles. The summed E-state index contributed by atoms with van der Waals surface area (Å²) >= 11 is 0. The minimum absolute atomic E-state index is 1.05. The Labute approximate surface area is 99.0 Å². The van der Waals surface area contributed by atoms with Gasteiger partial charge in [-0.15, -0.1) is 0 Å². The molecule has 0 atom stereocenters. The van der Waals surface area contributed by atoms with Crippen LogP contribution in [-0.2, 0) is 0 Å². The van der Waals surface area contributed by atoms with Crippen LogP contribution in [0.15, 0.2) is 30.3 Å². The van der Waals surface area contributed by atoms with Crippen LogP contribution in [0.4, 0.5) is 5.69 Å². The van der Waals surface area contributed by atoms with Gasteiger partial charge in [0.2, 0.25) is 0 Å². The van der Waals surface area contributed by atoms with Crippen molar-refractivity contribution in [3.63, 3.8) is 0 Å². The number of allylic oxidation sites excluding steroid dienone is 1. The molecule has 0 bridgehead atoms. The van der Waals surface area contributed by atoms with Crippen LogP contribution < -0.4 is 10.2 Å². The molecule has 16 heavy (non-hydrogen) atoms. The number of anilines is 1. The number of hydrogen-bond acceptors (Lipinski definition) is 2. The largest absolute Gasteiger partial charge is 0.388 e. The molecule has 0 aliphatic carbocycles. The average molecular weight is 218 g/mol. The van der Waals surface area contributed by atoms with Gasteiger partial charge < -0.3 is 10.2 Å². The zero-order valence-electron chi connectivity index (χ0n) is 10.7. The molecule has 2 heteroatoms. The standard InChI is InChI=1S/C14H22N2/c1-5-14(15-4)12-8-10-13(11-9-12)16(6-2)7-3/h5,8-11,15H,6-7H2,1-4H3/b14-5-. The van der Waals surface area contributed by atoms with Gasteiger partial charge in [0, 0.05) is 31.5 Å². The highest BCUT2D eigenvalue weighted by molar-refractivity contribution is 5.65. The second-order valence-corrected chi connectivity index (χ2v) is 3.67. The summed E-state index contributed by atoms with van der Waals surface area (Å²) in [6, 6.07) is 8.70. The Morgan fingerprint density at radius 1 is 1.19 bits per heavy atom. The van der Waals surface area contributed by atoms with Gasteiger partial charge in [0.15, 0.2) is 0 Å². The van der Waals surface area contributed by atoms with E-state index in [2.05, 4.69) is 54.4 Å². The molecule has 88 valence electrons. The van der Waals surface area contributed by atoms with Crippen molar-refractivity contribution in [2.24, 2.45) is 0 Å². The first-order valence-corrected chi connectivity index (χ1v) is 5.96. The molecule has 1 aromatic rings. The van der Waals surface area contributed by atoms with E-state index >= 15 is 0 Å². The smallest absolute Gasteiger partial charge is 0.0367 e. The number of rotatable bonds is 5. The van der Waals surface area contributed by atoms with Crippen LogP contribution in [-0.4, -0.2) is 20.1 Å². The first-order chi connectivity index (χ1) is 7.76. The van der Waals surface area contributed by atoms with Crippen molar-refractivity contribution in [3.8, 4) is 0 Å². The summed E-state index contributed by atoms with van der Waals surface area (Å²) in [5.41, 5.74) is 3.70. The zero-order chi connectivity index (χ0) is 12.0. The molecule has 1 rings (SSSR count). The third-order valence-corrected chi connectivity index (χ3v) is 2.86. The van der Waals surface area contributed by atoms with Crippen LogP contribution in [0.3, 0.4) is 0 Å². The quantitative estimate of drug-likeness (QED) is 0.817. The highest BCUT2D eigenvalue weighted by Gasteiger charge is 2.02. The molecule has 0 spiro atoms. The van der Waals surface area contributed by atoms with E-state index in [1.807, 2.05) is 14.0 Å². The SMILES string of the molecule is C/C=C(\NC)c1ccc(N(CC)CC)cc1. The van der Waals surface area contributed by atoms with Crippen LogP contribution >= 0.6 is 0 Å². The number of nitrogens with zero attached hydrogens (tertiary/aromatic N) is 1. The molecule has 1 N–H and O–H groups in total. The van der Waals surface area contributed by atoms with Crippen LogP contribution in [0.2, 0.25) is 0 Å². The van der Waals surface area contributed by atoms with Crippen LogP contribution in [0.1, 0.15) is 26.3 Å². The second-order valence-electron chi connectivity index (χ2n) is 3.67. The first-order valence-electron chi connectivity index (χ1n) is 5.96. The Morgan fingerprint density at radius 3 is 2.12 bits per heavy atom. The van der Waals surface area contributed by atoms with Crippen LogP contribution in [0, 0.1) is 0 Å². The highest BCUT2D eigenvalue weighted by Crippen LogP contribution is 2.18. The Kier molecular flexibility index (Phi) is 4.90. The van der Waals surface area contributed by atoms with E-state index in [9.17, 15) is 0 Å². The monoisotopic (exact) mass is 218 g/mol. The van der Waals surface area contributed by atoms with Gasteiger partial charge in [-0.2, -0.15) is 0 Å². The molecule has 0 unspecified atom stereocenters. The van der Waals surface area contributed by atoms with Crippen molar-refractivity contribution in [1.82, 2.24) is 5.32 Å². The van der Waals surface area contributed by atoms with Gasteiger partial charge in [-0.1, -0.05) is 18.2 Å². The summed E-state index contributed by atoms with van der Waals surface area (Å²) in [7, 11) is 1.95. The highest BCUT2D eigenvalue weighted by atomic mass is 15.1. The fraction of sp³-hybridized carbons (Fsp3) is 0.429. The third kappa shape index (κ3) is 2.78. The normalized spacial score (nSPS) is 11.4. The van der Waals surface area contributed by atoms with E-state index in [-0.39, 0.29) is 0 Å². The zero-order valence-corrected chi connectivity index (χ0v) is 10.7. The molecule has 0 radical (unpaired) electrons. The minimum Gasteiger partial charge on any atom is -0.388 e. The average Bonchev–Trinajstić information content (AvgIpc) is 2.34. The van der Waals surface area contributed by atoms with Crippen molar-refractivity contribution >= 4 is 11.4 Å². The predicted octanol–water partition coefficient (Wildman–Crippen LogP) is 3.11. The fourth-order valence-corrected chi connectivity index (χ4v) is 1.90. The summed E-state index contributed by atoms with van der Waals surface area (Å²) in [5, 5.41) is 3.19. The van der Waals surface area contributed by atoms with Gasteiger partial charge >= 0.3 is 0 Å². The first kappa shape index (κ1) is 12.6. The third-order valence-electron chi connectivity index (χ3n) is 2.86. The van der Waals surface area contributed by atoms with Crippen LogP contribution in [0.25, 0.3) is 5.70 Å². The van der Waals surface area contributed by atoms with Gasteiger partial charge in [0.05, 0.1) is 0 Å². The van der Waals surface area contributed by atoms with E-state index < -0.39 is 0 Å². The molecular formula is C14H22N2. The predicted molar refractivity (Wildman–Crippen MR) is 72.7 cm³/mol. The Balaban J connectivity index is 2.90. The molecule has 2 nitrogen and oxygen atoms in total. The van der Waals surface area contributed by atoms with E-state index in [4.69, 9.17) is 0 Å². The lowest BCUT2D eigenvalue weighted by molar-refractivity contribution is 0.866. The Morgan fingerprint density at radius 2 is 1.75 bits per heavy atom. The Hall–Kier alpha value is -1.44. The summed E-state index contributed by atoms with van der Waals surface area (Å²) in [5.74, 6) is 0. The topological polar surface area (TPSA) is 15.3 Å². The van der Waals surface area contributed by atoms with Crippen molar-refractivity contribution < 1.29 is 0 Å². The number of benzene rings is 1. The molecule has 0 aliphatic rings. The lowest BCUT2D eigenvalue weighted by Crippen LogP contribution is -2.21. The molecule has 0 fully saturated rings. The van der Waals surface area contributed by atoms with Crippen molar-refractivity contribution in [2.45, 2.75) is 20.8 Å². The summed E-state index contributed by atoms with van der Waals surface area (Å²) in [6.45, 7) is 8.52. The molecule has 1 aromatic carbocycles. The van der Waals surface area contributed by atoms with E-state index in [0.29, 0.717) is 0 Å². The van der Waals surface area contributed by atoms with Gasteiger partial charge in [0.1, 0.15) is 0 Å². The molecule has 0 saturated heterocycles. The maximum atomic E-state index is 3.19. The van der Waals surface area contributed by atoms with Gasteiger partial charge in [-0.25, -0.2) is 0 Å². The molecule has 0 amide bonds. The van der Waals surface area contributed by atoms with Crippen molar-refractivity contribution in [3.05, 3.63) is 35.9 Å². The summed E-state index contributed by atoms with van der Waals surface area (Å²) in [6.07, 6.45) is 2.09. The number of nitrogens with one attached hydrogen (secondary N) is 1. The van der Waals surface area contributed by atoms with Crippen molar-refractivity contribution in [2.75, 3.05) is 25.0 Å². The van der Waals surface area contributed by atoms with Gasteiger partial charge in [-0.05, 0) is 38.5 Å². The lowest BCUT2D eigenvalue weighted by atomic mass is 10.1. The maximum Gasteiger partial charge on any atom is 0.0367 e. The number of hydrogen-bond donors (Lipinski definition) is 1. The van der Waals surface area contributed by atoms with Gasteiger partial charge in [0.25, 0.3) is 0 Å². The van der Waals surface area contributed by atoms with Crippen molar-refractivity contribution in [1.29, 1.82) is 0 Å². The minimum atomic E-state index is 1.05. The fourth-order valence-electron chi connectivity index (χ4n) is 1.90. The second kappa shape index (κ2) is 6.21. The lowest BCUT2D eigenvalue weighted by Gasteiger charge is -2.21. The van der Waals surface area contributed by atoms with E-state index in [1.165, 1.54) is 16.9 Å². The molecular weight excluding hydrogens is 196 g/mol.